The Hall–Kier alpha value is -2.85. The molecule has 3 aromatic heterocycles. The summed E-state index contributed by atoms with van der Waals surface area (Å²) in [6.07, 6.45) is 4.64. The average molecular weight is 468 g/mol. The highest BCUT2D eigenvalue weighted by atomic mass is 32.2. The van der Waals surface area contributed by atoms with Gasteiger partial charge in [-0.15, -0.1) is 21.5 Å². The summed E-state index contributed by atoms with van der Waals surface area (Å²) in [6, 6.07) is 5.41. The number of carbonyl (C=O) groups excluding carboxylic acids is 1. The molecule has 0 saturated carbocycles. The third-order valence-corrected chi connectivity index (χ3v) is 7.87. The van der Waals surface area contributed by atoms with Crippen LogP contribution in [0.3, 0.4) is 0 Å². The van der Waals surface area contributed by atoms with Crippen LogP contribution in [0.1, 0.15) is 29.1 Å². The highest BCUT2D eigenvalue weighted by Gasteiger charge is 2.23. The lowest BCUT2D eigenvalue weighted by atomic mass is 9.97. The van der Waals surface area contributed by atoms with Crippen LogP contribution in [-0.2, 0) is 17.6 Å². The number of aryl methyl sites for hydroxylation is 3. The number of thioether (sulfide) groups is 1. The van der Waals surface area contributed by atoms with Crippen molar-refractivity contribution in [3.8, 4) is 11.5 Å². The van der Waals surface area contributed by atoms with E-state index in [0.717, 1.165) is 34.5 Å². The van der Waals surface area contributed by atoms with Gasteiger partial charge in [-0.3, -0.25) is 9.20 Å². The minimum atomic E-state index is -0.122. The quantitative estimate of drug-likeness (QED) is 0.453. The van der Waals surface area contributed by atoms with Crippen LogP contribution in [0.15, 0.2) is 23.4 Å². The molecule has 0 radical (unpaired) electrons. The second-order valence-electron chi connectivity index (χ2n) is 7.89. The van der Waals surface area contributed by atoms with Crippen molar-refractivity contribution in [2.75, 3.05) is 24.3 Å². The molecule has 4 aromatic rings. The van der Waals surface area contributed by atoms with Crippen LogP contribution in [0.5, 0.6) is 11.5 Å². The van der Waals surface area contributed by atoms with Crippen LogP contribution < -0.4 is 14.8 Å². The van der Waals surface area contributed by atoms with E-state index >= 15 is 0 Å². The zero-order chi connectivity index (χ0) is 21.7. The lowest BCUT2D eigenvalue weighted by molar-refractivity contribution is -0.113. The van der Waals surface area contributed by atoms with Gasteiger partial charge in [-0.05, 0) is 50.3 Å². The van der Waals surface area contributed by atoms with Crippen LogP contribution in [-0.4, -0.2) is 44.5 Å². The Bertz CT molecular complexity index is 1360. The van der Waals surface area contributed by atoms with Crippen LogP contribution in [0, 0.1) is 6.92 Å². The number of amides is 1. The second kappa shape index (κ2) is 7.93. The van der Waals surface area contributed by atoms with Gasteiger partial charge >= 0.3 is 0 Å². The minimum Gasteiger partial charge on any atom is -0.486 e. The first-order valence-corrected chi connectivity index (χ1v) is 12.5. The highest BCUT2D eigenvalue weighted by Crippen LogP contribution is 2.38. The molecule has 1 N–H and O–H groups in total. The van der Waals surface area contributed by atoms with Gasteiger partial charge in [0.15, 0.2) is 22.3 Å². The molecule has 0 unspecified atom stereocenters. The number of benzene rings is 1. The summed E-state index contributed by atoms with van der Waals surface area (Å²) < 4.78 is 13.1. The molecule has 164 valence electrons. The van der Waals surface area contributed by atoms with Crippen LogP contribution in [0.25, 0.3) is 15.9 Å². The minimum absolute atomic E-state index is 0.122. The van der Waals surface area contributed by atoms with Crippen molar-refractivity contribution in [1.82, 2.24) is 19.6 Å². The van der Waals surface area contributed by atoms with Gasteiger partial charge in [0.25, 0.3) is 0 Å². The maximum atomic E-state index is 12.6. The number of thiophene rings is 1. The summed E-state index contributed by atoms with van der Waals surface area (Å²) in [6.45, 7) is 3.01. The Morgan fingerprint density at radius 2 is 2.03 bits per heavy atom. The number of hydrogen-bond donors (Lipinski definition) is 1. The molecule has 6 rings (SSSR count). The molecule has 0 bridgehead atoms. The Balaban J connectivity index is 1.23. The third kappa shape index (κ3) is 3.38. The summed E-state index contributed by atoms with van der Waals surface area (Å²) in [5, 5.41) is 13.6. The first-order chi connectivity index (χ1) is 15.7. The highest BCUT2D eigenvalue weighted by molar-refractivity contribution is 7.99. The summed E-state index contributed by atoms with van der Waals surface area (Å²) >= 11 is 3.15. The van der Waals surface area contributed by atoms with E-state index in [1.54, 1.807) is 17.4 Å². The molecule has 8 nitrogen and oxygen atoms in total. The van der Waals surface area contributed by atoms with Gasteiger partial charge in [-0.2, -0.15) is 0 Å². The van der Waals surface area contributed by atoms with E-state index in [2.05, 4.69) is 15.5 Å². The number of nitrogens with one attached hydrogen (secondary N) is 1. The standard InChI is InChI=1S/C22H21N5O3S2/c1-12-23-21-19(14-4-2-3-5-17(14)32-21)20-25-26-22(27(12)20)31-11-18(28)24-13-6-7-15-16(10-13)30-9-8-29-15/h6-7,10H,2-5,8-9,11H2,1H3,(H,24,28). The Morgan fingerprint density at radius 1 is 1.19 bits per heavy atom. The van der Waals surface area contributed by atoms with Gasteiger partial charge in [-0.1, -0.05) is 11.8 Å². The largest absolute Gasteiger partial charge is 0.486 e. The fraction of sp³-hybridized carbons (Fsp3) is 0.364. The van der Waals surface area contributed by atoms with Gasteiger partial charge in [0, 0.05) is 16.6 Å². The summed E-state index contributed by atoms with van der Waals surface area (Å²) in [7, 11) is 0. The van der Waals surface area contributed by atoms with Crippen molar-refractivity contribution in [3.63, 3.8) is 0 Å². The number of aromatic nitrogens is 4. The molecule has 2 aliphatic rings. The van der Waals surface area contributed by atoms with Crippen molar-refractivity contribution < 1.29 is 14.3 Å². The summed E-state index contributed by atoms with van der Waals surface area (Å²) in [5.41, 5.74) is 2.91. The van der Waals surface area contributed by atoms with E-state index in [1.165, 1.54) is 35.0 Å². The van der Waals surface area contributed by atoms with E-state index in [1.807, 2.05) is 23.5 Å². The molecule has 4 heterocycles. The molecule has 0 saturated heterocycles. The first-order valence-electron chi connectivity index (χ1n) is 10.7. The molecular weight excluding hydrogens is 446 g/mol. The zero-order valence-corrected chi connectivity index (χ0v) is 19.1. The first kappa shape index (κ1) is 19.8. The zero-order valence-electron chi connectivity index (χ0n) is 17.5. The normalized spacial score (nSPS) is 15.2. The summed E-state index contributed by atoms with van der Waals surface area (Å²) in [5.74, 6) is 2.28. The fourth-order valence-electron chi connectivity index (χ4n) is 4.32. The molecule has 32 heavy (non-hydrogen) atoms. The van der Waals surface area contributed by atoms with Crippen LogP contribution in [0.2, 0.25) is 0 Å². The van der Waals surface area contributed by atoms with Gasteiger partial charge in [-0.25, -0.2) is 4.98 Å². The van der Waals surface area contributed by atoms with Gasteiger partial charge in [0.2, 0.25) is 5.91 Å². The Kier molecular flexibility index (Phi) is 4.91. The number of rotatable bonds is 4. The molecule has 1 aliphatic carbocycles. The monoisotopic (exact) mass is 467 g/mol. The lowest BCUT2D eigenvalue weighted by Gasteiger charge is -2.18. The van der Waals surface area contributed by atoms with Crippen molar-refractivity contribution in [3.05, 3.63) is 34.5 Å². The molecule has 0 fully saturated rings. The number of hydrogen-bond acceptors (Lipinski definition) is 8. The topological polar surface area (TPSA) is 90.6 Å². The third-order valence-electron chi connectivity index (χ3n) is 5.75. The molecule has 0 atom stereocenters. The predicted molar refractivity (Wildman–Crippen MR) is 124 cm³/mol. The van der Waals surface area contributed by atoms with E-state index in [0.29, 0.717) is 35.6 Å². The maximum Gasteiger partial charge on any atom is 0.234 e. The molecule has 1 amide bonds. The summed E-state index contributed by atoms with van der Waals surface area (Å²) in [4.78, 5) is 19.9. The smallest absolute Gasteiger partial charge is 0.234 e. The number of carbonyl (C=O) groups is 1. The van der Waals surface area contributed by atoms with Gasteiger partial charge < -0.3 is 14.8 Å². The van der Waals surface area contributed by atoms with E-state index in [4.69, 9.17) is 14.5 Å². The number of anilines is 1. The van der Waals surface area contributed by atoms with E-state index in [9.17, 15) is 4.79 Å². The van der Waals surface area contributed by atoms with Gasteiger partial charge in [0.05, 0.1) is 11.1 Å². The average Bonchev–Trinajstić information content (AvgIpc) is 3.39. The van der Waals surface area contributed by atoms with E-state index in [-0.39, 0.29) is 11.7 Å². The molecule has 0 spiro atoms. The van der Waals surface area contributed by atoms with Crippen molar-refractivity contribution in [2.45, 2.75) is 37.8 Å². The Labute approximate surface area is 192 Å². The van der Waals surface area contributed by atoms with Crippen molar-refractivity contribution >= 4 is 50.6 Å². The predicted octanol–water partition coefficient (Wildman–Crippen LogP) is 4.03. The van der Waals surface area contributed by atoms with Crippen molar-refractivity contribution in [2.24, 2.45) is 0 Å². The van der Waals surface area contributed by atoms with Gasteiger partial charge in [0.1, 0.15) is 23.9 Å². The van der Waals surface area contributed by atoms with E-state index < -0.39 is 0 Å². The molecule has 1 aliphatic heterocycles. The second-order valence-corrected chi connectivity index (χ2v) is 9.91. The van der Waals surface area contributed by atoms with Crippen LogP contribution in [0.4, 0.5) is 5.69 Å². The number of nitrogens with zero attached hydrogens (tertiary/aromatic N) is 4. The molecule has 1 aromatic carbocycles. The molecular formula is C22H21N5O3S2. The molecule has 10 heteroatoms. The van der Waals surface area contributed by atoms with Crippen molar-refractivity contribution in [1.29, 1.82) is 0 Å². The Morgan fingerprint density at radius 3 is 2.94 bits per heavy atom. The maximum absolute atomic E-state index is 12.6. The lowest BCUT2D eigenvalue weighted by Crippen LogP contribution is -2.17. The fourth-order valence-corrected chi connectivity index (χ4v) is 6.40. The SMILES string of the molecule is Cc1nc2sc3c(c2c2nnc(SCC(=O)Nc4ccc5c(c4)OCCO5)n12)CCCC3. The number of ether oxygens (including phenoxy) is 2. The number of fused-ring (bicyclic) bond motifs is 6. The van der Waals surface area contributed by atoms with Crippen LogP contribution >= 0.6 is 23.1 Å².